The highest BCUT2D eigenvalue weighted by molar-refractivity contribution is 6.39. The van der Waals surface area contributed by atoms with Gasteiger partial charge in [0.1, 0.15) is 11.6 Å². The monoisotopic (exact) mass is 479 g/mol. The van der Waals surface area contributed by atoms with Crippen molar-refractivity contribution >= 4 is 23.2 Å². The second-order valence-corrected chi connectivity index (χ2v) is 8.40. The van der Waals surface area contributed by atoms with E-state index in [-0.39, 0.29) is 24.1 Å². The summed E-state index contributed by atoms with van der Waals surface area (Å²) in [6.45, 7) is 4.30. The Balaban J connectivity index is 1.39. The molecule has 2 N–H and O–H groups in total. The van der Waals surface area contributed by atoms with Gasteiger partial charge in [-0.2, -0.15) is 0 Å². The number of anilines is 2. The van der Waals surface area contributed by atoms with Crippen molar-refractivity contribution in [3.05, 3.63) is 89.8 Å². The number of para-hydroxylation sites is 1. The van der Waals surface area contributed by atoms with Gasteiger partial charge in [-0.1, -0.05) is 24.3 Å². The van der Waals surface area contributed by atoms with Crippen LogP contribution in [0.5, 0.6) is 0 Å². The molecule has 0 saturated carbocycles. The van der Waals surface area contributed by atoms with Crippen LogP contribution in [-0.4, -0.2) is 54.4 Å². The summed E-state index contributed by atoms with van der Waals surface area (Å²) in [5, 5.41) is 5.11. The molecule has 0 radical (unpaired) electrons. The zero-order valence-corrected chi connectivity index (χ0v) is 19.4. The number of nitrogens with zero attached hydrogens (tertiary/aromatic N) is 3. The maximum Gasteiger partial charge on any atom is 0.313 e. The third-order valence-corrected chi connectivity index (χ3v) is 6.11. The lowest BCUT2D eigenvalue weighted by atomic mass is 10.1. The predicted octanol–water partition coefficient (Wildman–Crippen LogP) is 3.29. The lowest BCUT2D eigenvalue weighted by Crippen LogP contribution is -2.50. The Kier molecular flexibility index (Phi) is 7.67. The average Bonchev–Trinajstić information content (AvgIpc) is 2.87. The Bertz CT molecular complexity index is 1180. The van der Waals surface area contributed by atoms with Gasteiger partial charge in [-0.15, -0.1) is 0 Å². The zero-order chi connectivity index (χ0) is 24.8. The topological polar surface area (TPSA) is 77.6 Å². The highest BCUT2D eigenvalue weighted by Crippen LogP contribution is 2.25. The number of aryl methyl sites for hydroxylation is 1. The van der Waals surface area contributed by atoms with Gasteiger partial charge in [0.05, 0.1) is 11.7 Å². The molecule has 7 nitrogen and oxygen atoms in total. The van der Waals surface area contributed by atoms with Crippen molar-refractivity contribution in [1.82, 2.24) is 15.2 Å². The van der Waals surface area contributed by atoms with Crippen molar-refractivity contribution in [3.63, 3.8) is 0 Å². The molecular weight excluding hydrogens is 452 g/mol. The van der Waals surface area contributed by atoms with Crippen molar-refractivity contribution in [2.45, 2.75) is 13.0 Å². The van der Waals surface area contributed by atoms with Crippen molar-refractivity contribution in [3.8, 4) is 0 Å². The molecule has 3 aromatic rings. The Hall–Kier alpha value is -3.85. The molecule has 182 valence electrons. The van der Waals surface area contributed by atoms with E-state index in [0.29, 0.717) is 37.4 Å². The molecule has 9 heteroatoms. The zero-order valence-electron chi connectivity index (χ0n) is 19.4. The summed E-state index contributed by atoms with van der Waals surface area (Å²) in [5.41, 5.74) is 2.12. The molecule has 1 fully saturated rings. The van der Waals surface area contributed by atoms with Crippen LogP contribution in [0.25, 0.3) is 0 Å². The van der Waals surface area contributed by atoms with E-state index in [1.165, 1.54) is 24.3 Å². The lowest BCUT2D eigenvalue weighted by Gasteiger charge is -2.40. The van der Waals surface area contributed by atoms with E-state index in [1.54, 1.807) is 31.5 Å². The van der Waals surface area contributed by atoms with Crippen molar-refractivity contribution in [2.75, 3.05) is 42.9 Å². The fraction of sp³-hybridized carbons (Fsp3) is 0.269. The van der Waals surface area contributed by atoms with Crippen LogP contribution in [0.1, 0.15) is 17.2 Å². The summed E-state index contributed by atoms with van der Waals surface area (Å²) in [7, 11) is 0. The highest BCUT2D eigenvalue weighted by atomic mass is 19.1. The summed E-state index contributed by atoms with van der Waals surface area (Å²) in [4.78, 5) is 33.2. The molecule has 2 aromatic carbocycles. The van der Waals surface area contributed by atoms with Crippen LogP contribution in [0.2, 0.25) is 0 Å². The fourth-order valence-electron chi connectivity index (χ4n) is 4.14. The first kappa shape index (κ1) is 24.3. The number of aromatic nitrogens is 1. The summed E-state index contributed by atoms with van der Waals surface area (Å²) in [6, 6.07) is 14.5. The van der Waals surface area contributed by atoms with E-state index in [1.807, 2.05) is 23.1 Å². The van der Waals surface area contributed by atoms with Crippen LogP contribution in [0, 0.1) is 18.6 Å². The lowest BCUT2D eigenvalue weighted by molar-refractivity contribution is -0.136. The maximum absolute atomic E-state index is 14.2. The number of amides is 2. The molecule has 1 aliphatic heterocycles. The van der Waals surface area contributed by atoms with E-state index in [2.05, 4.69) is 20.5 Å². The molecule has 0 bridgehead atoms. The SMILES string of the molecule is Cc1ccc(NC(=O)C(=O)NCC(c2cccnc2)N2CCN(c3ccccc3F)CC2)cc1F. The minimum absolute atomic E-state index is 0.180. The first-order chi connectivity index (χ1) is 16.9. The smallest absolute Gasteiger partial charge is 0.313 e. The number of piperazine rings is 1. The minimum atomic E-state index is -0.873. The van der Waals surface area contributed by atoms with Crippen LogP contribution >= 0.6 is 0 Å². The van der Waals surface area contributed by atoms with E-state index < -0.39 is 17.6 Å². The number of benzene rings is 2. The van der Waals surface area contributed by atoms with E-state index in [0.717, 1.165) is 5.56 Å². The Morgan fingerprint density at radius 1 is 0.971 bits per heavy atom. The number of hydrogen-bond acceptors (Lipinski definition) is 5. The highest BCUT2D eigenvalue weighted by Gasteiger charge is 2.27. The number of nitrogens with one attached hydrogen (secondary N) is 2. The minimum Gasteiger partial charge on any atom is -0.367 e. The van der Waals surface area contributed by atoms with Crippen molar-refractivity contribution in [1.29, 1.82) is 0 Å². The number of carbonyl (C=O) groups excluding carboxylic acids is 2. The second kappa shape index (κ2) is 11.1. The van der Waals surface area contributed by atoms with Gasteiger partial charge >= 0.3 is 11.8 Å². The van der Waals surface area contributed by atoms with Gasteiger partial charge in [-0.3, -0.25) is 19.5 Å². The van der Waals surface area contributed by atoms with E-state index in [9.17, 15) is 18.4 Å². The molecule has 1 aliphatic rings. The van der Waals surface area contributed by atoms with Crippen LogP contribution in [0.3, 0.4) is 0 Å². The molecule has 2 amide bonds. The van der Waals surface area contributed by atoms with E-state index >= 15 is 0 Å². The largest absolute Gasteiger partial charge is 0.367 e. The summed E-state index contributed by atoms with van der Waals surface area (Å²) in [6.07, 6.45) is 3.40. The molecule has 1 saturated heterocycles. The van der Waals surface area contributed by atoms with Gasteiger partial charge in [0.25, 0.3) is 0 Å². The average molecular weight is 480 g/mol. The molecule has 0 aliphatic carbocycles. The fourth-order valence-corrected chi connectivity index (χ4v) is 4.14. The Morgan fingerprint density at radius 2 is 1.74 bits per heavy atom. The molecule has 4 rings (SSSR count). The quantitative estimate of drug-likeness (QED) is 0.531. The van der Waals surface area contributed by atoms with Gasteiger partial charge in [0.2, 0.25) is 0 Å². The predicted molar refractivity (Wildman–Crippen MR) is 130 cm³/mol. The molecule has 2 heterocycles. The molecule has 1 atom stereocenters. The van der Waals surface area contributed by atoms with Crippen molar-refractivity contribution < 1.29 is 18.4 Å². The molecule has 0 spiro atoms. The van der Waals surface area contributed by atoms with Gasteiger partial charge in [0, 0.05) is 50.8 Å². The number of rotatable bonds is 6. The second-order valence-electron chi connectivity index (χ2n) is 8.40. The van der Waals surface area contributed by atoms with Crippen LogP contribution in [-0.2, 0) is 9.59 Å². The van der Waals surface area contributed by atoms with E-state index in [4.69, 9.17) is 0 Å². The molecular formula is C26H27F2N5O2. The van der Waals surface area contributed by atoms with Gasteiger partial charge in [-0.25, -0.2) is 8.78 Å². The standard InChI is InChI=1S/C26H27F2N5O2/c1-18-8-9-20(15-22(18)28)31-26(35)25(34)30-17-24(19-5-4-10-29-16-19)33-13-11-32(12-14-33)23-7-3-2-6-21(23)27/h2-10,15-16,24H,11-14,17H2,1H3,(H,30,34)(H,31,35). The van der Waals surface area contributed by atoms with Crippen LogP contribution < -0.4 is 15.5 Å². The van der Waals surface area contributed by atoms with Gasteiger partial charge in [0.15, 0.2) is 0 Å². The normalized spacial score (nSPS) is 14.9. The summed E-state index contributed by atoms with van der Waals surface area (Å²) >= 11 is 0. The first-order valence-electron chi connectivity index (χ1n) is 11.4. The van der Waals surface area contributed by atoms with Gasteiger partial charge < -0.3 is 15.5 Å². The van der Waals surface area contributed by atoms with Crippen LogP contribution in [0.4, 0.5) is 20.2 Å². The summed E-state index contributed by atoms with van der Waals surface area (Å²) < 4.78 is 28.0. The Morgan fingerprint density at radius 3 is 2.43 bits per heavy atom. The third kappa shape index (κ3) is 5.99. The van der Waals surface area contributed by atoms with Crippen molar-refractivity contribution in [2.24, 2.45) is 0 Å². The summed E-state index contributed by atoms with van der Waals surface area (Å²) in [5.74, 6) is -2.40. The third-order valence-electron chi connectivity index (χ3n) is 6.11. The molecule has 1 unspecified atom stereocenters. The molecule has 1 aromatic heterocycles. The van der Waals surface area contributed by atoms with Gasteiger partial charge in [-0.05, 0) is 48.4 Å². The number of pyridine rings is 1. The number of carbonyl (C=O) groups is 2. The Labute approximate surface area is 202 Å². The maximum atomic E-state index is 14.2. The number of halogens is 2. The van der Waals surface area contributed by atoms with Crippen LogP contribution in [0.15, 0.2) is 67.0 Å². The number of hydrogen-bond donors (Lipinski definition) is 2. The first-order valence-corrected chi connectivity index (χ1v) is 11.4. The molecule has 35 heavy (non-hydrogen) atoms.